The molecule has 40 heavy (non-hydrogen) atoms. The smallest absolute Gasteiger partial charge is 0.410 e. The highest BCUT2D eigenvalue weighted by Crippen LogP contribution is 2.38. The number of thiazole rings is 1. The van der Waals surface area contributed by atoms with Gasteiger partial charge in [0.15, 0.2) is 5.76 Å². The number of benzene rings is 1. The number of nitrogens with zero attached hydrogens (tertiary/aromatic N) is 5. The predicted octanol–water partition coefficient (Wildman–Crippen LogP) is 6.67. The van der Waals surface area contributed by atoms with E-state index >= 15 is 0 Å². The van der Waals surface area contributed by atoms with E-state index in [2.05, 4.69) is 10.1 Å². The number of carbonyl (C=O) groups is 1. The number of amides is 1. The molecule has 0 bridgehead atoms. The molecule has 12 heteroatoms. The second-order valence-corrected chi connectivity index (χ2v) is 12.9. The molecular weight excluding hydrogens is 550 g/mol. The summed E-state index contributed by atoms with van der Waals surface area (Å²) in [6.45, 7) is 9.27. The molecule has 5 heterocycles. The molecule has 1 amide bonds. The number of hydrogen-bond donors (Lipinski definition) is 0. The van der Waals surface area contributed by atoms with E-state index in [9.17, 15) is 4.79 Å². The molecule has 0 N–H and O–H groups in total. The molecule has 0 saturated carbocycles. The molecule has 0 atom stereocenters. The first-order valence-corrected chi connectivity index (χ1v) is 14.8. The maximum Gasteiger partial charge on any atom is 0.410 e. The highest BCUT2D eigenvalue weighted by Gasteiger charge is 2.29. The van der Waals surface area contributed by atoms with Crippen LogP contribution in [0.3, 0.4) is 0 Å². The van der Waals surface area contributed by atoms with Crippen molar-refractivity contribution in [1.29, 1.82) is 0 Å². The van der Waals surface area contributed by atoms with Gasteiger partial charge in [-0.3, -0.25) is 0 Å². The first-order valence-electron chi connectivity index (χ1n) is 13.1. The summed E-state index contributed by atoms with van der Waals surface area (Å²) in [5.74, 6) is 2.25. The Balaban J connectivity index is 1.14. The van der Waals surface area contributed by atoms with Crippen molar-refractivity contribution in [2.75, 3.05) is 20.2 Å². The van der Waals surface area contributed by atoms with Crippen molar-refractivity contribution in [1.82, 2.24) is 24.5 Å². The lowest BCUT2D eigenvalue weighted by molar-refractivity contribution is 0.0204. The third kappa shape index (κ3) is 5.50. The topological polar surface area (TPSA) is 104 Å². The number of ether oxygens (including phenoxy) is 3. The lowest BCUT2D eigenvalue weighted by Gasteiger charge is -2.32. The zero-order valence-electron chi connectivity index (χ0n) is 23.1. The number of furan rings is 1. The van der Waals surface area contributed by atoms with Gasteiger partial charge >= 0.3 is 6.09 Å². The molecule has 1 aliphatic heterocycles. The largest absolute Gasteiger partial charge is 0.496 e. The number of piperidine rings is 1. The van der Waals surface area contributed by atoms with Gasteiger partial charge in [-0.05, 0) is 46.6 Å². The van der Waals surface area contributed by atoms with E-state index in [0.29, 0.717) is 54.2 Å². The van der Waals surface area contributed by atoms with Gasteiger partial charge in [-0.2, -0.15) is 5.10 Å². The molecule has 0 spiro atoms. The summed E-state index contributed by atoms with van der Waals surface area (Å²) >= 11 is 3.17. The Morgan fingerprint density at radius 2 is 1.98 bits per heavy atom. The molecule has 1 fully saturated rings. The van der Waals surface area contributed by atoms with Crippen LogP contribution in [0.2, 0.25) is 0 Å². The second-order valence-electron chi connectivity index (χ2n) is 10.8. The van der Waals surface area contributed by atoms with Gasteiger partial charge in [-0.15, -0.1) is 11.3 Å². The van der Waals surface area contributed by atoms with E-state index < -0.39 is 5.60 Å². The van der Waals surface area contributed by atoms with Crippen LogP contribution >= 0.6 is 22.7 Å². The van der Waals surface area contributed by atoms with E-state index in [1.54, 1.807) is 27.9 Å². The molecule has 10 nitrogen and oxygen atoms in total. The standard InChI is InChI=1S/C28H31N5O5S2/c1-16-31-33-13-21(30-26(33)40-16)24-12-20-22(10-19(35-5)11-23(20)37-24)36-14-18-15-39-25(29-18)17-6-8-32(9-7-17)27(34)38-28(2,3)4/h10-13,15,17H,6-9,14H2,1-5H3. The normalized spacial score (nSPS) is 14.8. The fraction of sp³-hybridized carbons (Fsp3) is 0.429. The molecule has 4 aromatic heterocycles. The quantitative estimate of drug-likeness (QED) is 0.219. The summed E-state index contributed by atoms with van der Waals surface area (Å²) in [5, 5.41) is 9.35. The molecule has 6 rings (SSSR count). The Morgan fingerprint density at radius 3 is 2.70 bits per heavy atom. The highest BCUT2D eigenvalue weighted by atomic mass is 32.1. The van der Waals surface area contributed by atoms with E-state index in [4.69, 9.17) is 23.6 Å². The van der Waals surface area contributed by atoms with Gasteiger partial charge in [0, 0.05) is 36.5 Å². The van der Waals surface area contributed by atoms with Crippen molar-refractivity contribution < 1.29 is 23.4 Å². The van der Waals surface area contributed by atoms with Crippen LogP contribution in [0.5, 0.6) is 11.5 Å². The summed E-state index contributed by atoms with van der Waals surface area (Å²) < 4.78 is 25.2. The third-order valence-corrected chi connectivity index (χ3v) is 8.54. The van der Waals surface area contributed by atoms with Gasteiger partial charge in [0.2, 0.25) is 4.96 Å². The molecule has 0 radical (unpaired) electrons. The Bertz CT molecular complexity index is 1640. The Hall–Kier alpha value is -3.64. The maximum absolute atomic E-state index is 12.4. The predicted molar refractivity (Wildman–Crippen MR) is 154 cm³/mol. The van der Waals surface area contributed by atoms with E-state index in [1.807, 2.05) is 57.5 Å². The van der Waals surface area contributed by atoms with E-state index in [0.717, 1.165) is 38.9 Å². The van der Waals surface area contributed by atoms with Crippen LogP contribution < -0.4 is 9.47 Å². The fourth-order valence-corrected chi connectivity index (χ4v) is 6.43. The van der Waals surface area contributed by atoms with Gasteiger partial charge in [0.05, 0.1) is 29.4 Å². The van der Waals surface area contributed by atoms with Crippen LogP contribution in [0.25, 0.3) is 27.4 Å². The monoisotopic (exact) mass is 581 g/mol. The Kier molecular flexibility index (Phi) is 6.91. The zero-order valence-corrected chi connectivity index (χ0v) is 24.7. The summed E-state index contributed by atoms with van der Waals surface area (Å²) in [4.78, 5) is 24.5. The van der Waals surface area contributed by atoms with Crippen molar-refractivity contribution >= 4 is 44.7 Å². The van der Waals surface area contributed by atoms with Gasteiger partial charge in [-0.1, -0.05) is 11.3 Å². The molecule has 5 aromatic rings. The van der Waals surface area contributed by atoms with Crippen LogP contribution in [0.15, 0.2) is 34.2 Å². The number of rotatable bonds is 6. The molecule has 0 aliphatic carbocycles. The first kappa shape index (κ1) is 26.6. The van der Waals surface area contributed by atoms with Gasteiger partial charge in [0.25, 0.3) is 0 Å². The minimum Gasteiger partial charge on any atom is -0.496 e. The molecule has 210 valence electrons. The number of methoxy groups -OCH3 is 1. The van der Waals surface area contributed by atoms with Gasteiger partial charge < -0.3 is 23.5 Å². The number of fused-ring (bicyclic) bond motifs is 2. The number of carbonyl (C=O) groups excluding carboxylic acids is 1. The minimum atomic E-state index is -0.489. The Labute approximate surface area is 239 Å². The van der Waals surface area contributed by atoms with Crippen molar-refractivity contribution in [3.63, 3.8) is 0 Å². The van der Waals surface area contributed by atoms with Crippen LogP contribution in [0.1, 0.15) is 55.2 Å². The summed E-state index contributed by atoms with van der Waals surface area (Å²) in [7, 11) is 1.62. The van der Waals surface area contributed by atoms with Crippen molar-refractivity contribution in [2.24, 2.45) is 0 Å². The van der Waals surface area contributed by atoms with Crippen LogP contribution in [-0.4, -0.2) is 56.4 Å². The van der Waals surface area contributed by atoms with Crippen molar-refractivity contribution in [3.05, 3.63) is 45.5 Å². The summed E-state index contributed by atoms with van der Waals surface area (Å²) in [6, 6.07) is 5.64. The highest BCUT2D eigenvalue weighted by molar-refractivity contribution is 7.16. The number of likely N-dealkylation sites (tertiary alicyclic amines) is 1. The summed E-state index contributed by atoms with van der Waals surface area (Å²) in [6.07, 6.45) is 3.35. The van der Waals surface area contributed by atoms with Crippen molar-refractivity contribution in [3.8, 4) is 23.0 Å². The fourth-order valence-electron chi connectivity index (χ4n) is 4.73. The maximum atomic E-state index is 12.4. The molecule has 1 saturated heterocycles. The lowest BCUT2D eigenvalue weighted by Crippen LogP contribution is -2.41. The first-order chi connectivity index (χ1) is 19.1. The zero-order chi connectivity index (χ0) is 28.0. The average Bonchev–Trinajstić information content (AvgIpc) is 3.69. The average molecular weight is 582 g/mol. The summed E-state index contributed by atoms with van der Waals surface area (Å²) in [5.41, 5.74) is 1.74. The van der Waals surface area contributed by atoms with Crippen molar-refractivity contribution in [2.45, 2.75) is 58.7 Å². The second kappa shape index (κ2) is 10.4. The molecular formula is C28H31N5O5S2. The minimum absolute atomic E-state index is 0.245. The third-order valence-electron chi connectivity index (χ3n) is 6.65. The molecule has 1 aliphatic rings. The number of imidazole rings is 1. The number of aryl methyl sites for hydroxylation is 1. The van der Waals surface area contributed by atoms with Crippen LogP contribution in [-0.2, 0) is 11.3 Å². The van der Waals surface area contributed by atoms with Crippen LogP contribution in [0.4, 0.5) is 4.79 Å². The molecule has 0 unspecified atom stereocenters. The van der Waals surface area contributed by atoms with Gasteiger partial charge in [-0.25, -0.2) is 19.3 Å². The van der Waals surface area contributed by atoms with Crippen LogP contribution in [0, 0.1) is 6.92 Å². The van der Waals surface area contributed by atoms with Gasteiger partial charge in [0.1, 0.15) is 40.0 Å². The number of hydrogen-bond acceptors (Lipinski definition) is 10. The van der Waals surface area contributed by atoms with E-state index in [-0.39, 0.29) is 6.09 Å². The lowest BCUT2D eigenvalue weighted by atomic mass is 9.98. The SMILES string of the molecule is COc1cc(OCc2csc(C3CCN(C(=O)OC(C)(C)C)CC3)n2)c2cc(-c3cn4nc(C)sc4n3)oc2c1. The Morgan fingerprint density at radius 1 is 1.18 bits per heavy atom. The van der Waals surface area contributed by atoms with E-state index in [1.165, 1.54) is 11.3 Å². The molecule has 1 aromatic carbocycles. The number of aromatic nitrogens is 4.